The number of para-hydroxylation sites is 1. The van der Waals surface area contributed by atoms with Crippen LogP contribution in [0, 0.1) is 10.1 Å². The lowest BCUT2D eigenvalue weighted by Gasteiger charge is -2.13. The van der Waals surface area contributed by atoms with Crippen LogP contribution in [0.3, 0.4) is 0 Å². The maximum Gasteiger partial charge on any atom is 0.273 e. The smallest absolute Gasteiger partial charge is 0.273 e. The maximum absolute atomic E-state index is 10.9. The zero-order chi connectivity index (χ0) is 13.4. The Balaban J connectivity index is 2.45. The zero-order valence-corrected chi connectivity index (χ0v) is 11.2. The third-order valence-electron chi connectivity index (χ3n) is 3.07. The monoisotopic (exact) mass is 250 g/mol. The molecule has 0 saturated heterocycles. The standard InChI is InChI=1S/C14H22N2O2/c1-3-4-5-8-12(2)15-11-13-9-6-7-10-14(13)16(17)18/h6-7,9-10,12,15H,3-5,8,11H2,1-2H3. The summed E-state index contributed by atoms with van der Waals surface area (Å²) in [5.74, 6) is 0. The van der Waals surface area contributed by atoms with Crippen LogP contribution in [0.2, 0.25) is 0 Å². The number of unbranched alkanes of at least 4 members (excludes halogenated alkanes) is 2. The molecule has 0 radical (unpaired) electrons. The number of nitro benzene ring substituents is 1. The molecule has 0 aliphatic carbocycles. The normalized spacial score (nSPS) is 12.3. The number of nitro groups is 1. The molecular weight excluding hydrogens is 228 g/mol. The van der Waals surface area contributed by atoms with Gasteiger partial charge in [-0.25, -0.2) is 0 Å². The molecule has 1 aromatic rings. The minimum absolute atomic E-state index is 0.200. The van der Waals surface area contributed by atoms with Crippen molar-refractivity contribution in [1.82, 2.24) is 5.32 Å². The Morgan fingerprint density at radius 2 is 2.06 bits per heavy atom. The van der Waals surface area contributed by atoms with Gasteiger partial charge in [-0.05, 0) is 13.3 Å². The van der Waals surface area contributed by atoms with Crippen LogP contribution in [0.4, 0.5) is 5.69 Å². The van der Waals surface area contributed by atoms with E-state index in [1.165, 1.54) is 19.3 Å². The van der Waals surface area contributed by atoms with Gasteiger partial charge in [-0.3, -0.25) is 10.1 Å². The van der Waals surface area contributed by atoms with E-state index in [0.29, 0.717) is 12.6 Å². The first-order valence-electron chi connectivity index (χ1n) is 6.60. The number of hydrogen-bond acceptors (Lipinski definition) is 3. The Hall–Kier alpha value is -1.42. The first kappa shape index (κ1) is 14.6. The average Bonchev–Trinajstić information content (AvgIpc) is 2.37. The van der Waals surface area contributed by atoms with Crippen molar-refractivity contribution in [3.05, 3.63) is 39.9 Å². The molecule has 0 aliphatic heterocycles. The van der Waals surface area contributed by atoms with Gasteiger partial charge in [-0.2, -0.15) is 0 Å². The van der Waals surface area contributed by atoms with E-state index in [1.54, 1.807) is 12.1 Å². The molecule has 0 aromatic heterocycles. The summed E-state index contributed by atoms with van der Waals surface area (Å²) in [5.41, 5.74) is 0.954. The van der Waals surface area contributed by atoms with Crippen molar-refractivity contribution in [1.29, 1.82) is 0 Å². The number of rotatable bonds is 8. The van der Waals surface area contributed by atoms with Crippen LogP contribution in [-0.4, -0.2) is 11.0 Å². The maximum atomic E-state index is 10.9. The van der Waals surface area contributed by atoms with Crippen LogP contribution in [0.25, 0.3) is 0 Å². The predicted molar refractivity (Wildman–Crippen MR) is 73.5 cm³/mol. The topological polar surface area (TPSA) is 55.2 Å². The van der Waals surface area contributed by atoms with E-state index in [1.807, 2.05) is 12.1 Å². The highest BCUT2D eigenvalue weighted by molar-refractivity contribution is 5.39. The van der Waals surface area contributed by atoms with E-state index in [4.69, 9.17) is 0 Å². The summed E-state index contributed by atoms with van der Waals surface area (Å²) in [5, 5.41) is 14.2. The molecule has 18 heavy (non-hydrogen) atoms. The molecule has 0 bridgehead atoms. The van der Waals surface area contributed by atoms with Crippen molar-refractivity contribution in [2.24, 2.45) is 0 Å². The van der Waals surface area contributed by atoms with Gasteiger partial charge in [0, 0.05) is 24.2 Å². The lowest BCUT2D eigenvalue weighted by molar-refractivity contribution is -0.385. The largest absolute Gasteiger partial charge is 0.310 e. The summed E-state index contributed by atoms with van der Waals surface area (Å²) in [7, 11) is 0. The molecule has 0 saturated carbocycles. The highest BCUT2D eigenvalue weighted by Gasteiger charge is 2.12. The van der Waals surface area contributed by atoms with Gasteiger partial charge in [0.1, 0.15) is 0 Å². The second-order valence-electron chi connectivity index (χ2n) is 4.66. The molecule has 4 nitrogen and oxygen atoms in total. The van der Waals surface area contributed by atoms with E-state index >= 15 is 0 Å². The Morgan fingerprint density at radius 3 is 2.72 bits per heavy atom. The van der Waals surface area contributed by atoms with Crippen LogP contribution < -0.4 is 5.32 Å². The summed E-state index contributed by atoms with van der Waals surface area (Å²) >= 11 is 0. The fraction of sp³-hybridized carbons (Fsp3) is 0.571. The molecular formula is C14H22N2O2. The van der Waals surface area contributed by atoms with Gasteiger partial charge in [0.2, 0.25) is 0 Å². The fourth-order valence-corrected chi connectivity index (χ4v) is 1.93. The minimum atomic E-state index is -0.321. The van der Waals surface area contributed by atoms with Crippen LogP contribution in [-0.2, 0) is 6.54 Å². The molecule has 1 rings (SSSR count). The van der Waals surface area contributed by atoms with Crippen molar-refractivity contribution in [2.75, 3.05) is 0 Å². The van der Waals surface area contributed by atoms with E-state index in [-0.39, 0.29) is 10.6 Å². The molecule has 0 spiro atoms. The molecule has 0 fully saturated rings. The lowest BCUT2D eigenvalue weighted by atomic mass is 10.1. The second-order valence-corrected chi connectivity index (χ2v) is 4.66. The molecule has 1 aromatic carbocycles. The van der Waals surface area contributed by atoms with Gasteiger partial charge in [0.05, 0.1) is 4.92 Å². The van der Waals surface area contributed by atoms with Crippen LogP contribution >= 0.6 is 0 Å². The van der Waals surface area contributed by atoms with Crippen molar-refractivity contribution < 1.29 is 4.92 Å². The van der Waals surface area contributed by atoms with Crippen molar-refractivity contribution >= 4 is 5.69 Å². The highest BCUT2D eigenvalue weighted by Crippen LogP contribution is 2.17. The Morgan fingerprint density at radius 1 is 1.33 bits per heavy atom. The van der Waals surface area contributed by atoms with Crippen molar-refractivity contribution in [3.63, 3.8) is 0 Å². The number of hydrogen-bond donors (Lipinski definition) is 1. The van der Waals surface area contributed by atoms with Gasteiger partial charge in [0.25, 0.3) is 5.69 Å². The third-order valence-corrected chi connectivity index (χ3v) is 3.07. The molecule has 100 valence electrons. The summed E-state index contributed by atoms with van der Waals surface area (Å²) in [6, 6.07) is 7.30. The number of nitrogens with one attached hydrogen (secondary N) is 1. The van der Waals surface area contributed by atoms with Crippen molar-refractivity contribution in [3.8, 4) is 0 Å². The zero-order valence-electron chi connectivity index (χ0n) is 11.2. The van der Waals surface area contributed by atoms with E-state index < -0.39 is 0 Å². The first-order chi connectivity index (χ1) is 8.65. The van der Waals surface area contributed by atoms with Crippen LogP contribution in [0.15, 0.2) is 24.3 Å². The Labute approximate surface area is 109 Å². The lowest BCUT2D eigenvalue weighted by Crippen LogP contribution is -2.25. The minimum Gasteiger partial charge on any atom is -0.310 e. The summed E-state index contributed by atoms with van der Waals surface area (Å²) < 4.78 is 0. The van der Waals surface area contributed by atoms with E-state index in [0.717, 1.165) is 12.0 Å². The van der Waals surface area contributed by atoms with Crippen molar-refractivity contribution in [2.45, 2.75) is 52.1 Å². The fourth-order valence-electron chi connectivity index (χ4n) is 1.93. The molecule has 0 aliphatic rings. The SMILES string of the molecule is CCCCCC(C)NCc1ccccc1[N+](=O)[O-]. The molecule has 1 atom stereocenters. The van der Waals surface area contributed by atoms with Gasteiger partial charge in [0.15, 0.2) is 0 Å². The third kappa shape index (κ3) is 4.84. The molecule has 4 heteroatoms. The van der Waals surface area contributed by atoms with Gasteiger partial charge < -0.3 is 5.32 Å². The van der Waals surface area contributed by atoms with Gasteiger partial charge in [-0.1, -0.05) is 44.4 Å². The second kappa shape index (κ2) is 7.82. The Bertz CT molecular complexity index is 380. The molecule has 0 heterocycles. The summed E-state index contributed by atoms with van der Waals surface area (Å²) in [4.78, 5) is 10.5. The molecule has 0 amide bonds. The number of benzene rings is 1. The van der Waals surface area contributed by atoms with E-state index in [9.17, 15) is 10.1 Å². The molecule has 1 N–H and O–H groups in total. The van der Waals surface area contributed by atoms with Gasteiger partial charge in [-0.15, -0.1) is 0 Å². The summed E-state index contributed by atoms with van der Waals surface area (Å²) in [6.45, 7) is 4.88. The van der Waals surface area contributed by atoms with Crippen LogP contribution in [0.5, 0.6) is 0 Å². The predicted octanol–water partition coefficient (Wildman–Crippen LogP) is 3.65. The van der Waals surface area contributed by atoms with Crippen LogP contribution in [0.1, 0.15) is 45.1 Å². The first-order valence-corrected chi connectivity index (χ1v) is 6.60. The van der Waals surface area contributed by atoms with E-state index in [2.05, 4.69) is 19.2 Å². The average molecular weight is 250 g/mol. The van der Waals surface area contributed by atoms with Gasteiger partial charge >= 0.3 is 0 Å². The quantitative estimate of drug-likeness (QED) is 0.435. The molecule has 1 unspecified atom stereocenters. The highest BCUT2D eigenvalue weighted by atomic mass is 16.6. The summed E-state index contributed by atoms with van der Waals surface area (Å²) in [6.07, 6.45) is 4.80. The Kier molecular flexibility index (Phi) is 6.36. The number of nitrogens with zero attached hydrogens (tertiary/aromatic N) is 1.